The van der Waals surface area contributed by atoms with E-state index in [2.05, 4.69) is 17.4 Å². The summed E-state index contributed by atoms with van der Waals surface area (Å²) >= 11 is 0. The van der Waals surface area contributed by atoms with Crippen molar-refractivity contribution in [1.82, 2.24) is 15.7 Å². The van der Waals surface area contributed by atoms with Crippen molar-refractivity contribution in [3.63, 3.8) is 0 Å². The van der Waals surface area contributed by atoms with Crippen LogP contribution in [-0.4, -0.2) is 60.0 Å². The maximum absolute atomic E-state index is 12.4. The standard InChI is InChI=1S/C30H35N3O5/c1-30(2,3)38-29(35)33-16-15-25(19-33)31-18-22(17-21-11-13-24(14-12-21)28(34)32-36)20-37-27-10-6-8-23-7-4-5-9-26(23)27/h4-14,17,25,31,36H,15-16,18-20H2,1-3H3,(H,32,34)/b22-17-. The minimum absolute atomic E-state index is 0.138. The number of hydrogen-bond acceptors (Lipinski definition) is 6. The number of ether oxygens (including phenoxy) is 2. The van der Waals surface area contributed by atoms with E-state index in [1.54, 1.807) is 22.5 Å². The number of amides is 2. The normalized spacial score (nSPS) is 15.9. The molecule has 8 nitrogen and oxygen atoms in total. The third-order valence-corrected chi connectivity index (χ3v) is 6.27. The molecule has 8 heteroatoms. The molecule has 1 aliphatic heterocycles. The lowest BCUT2D eigenvalue weighted by molar-refractivity contribution is 0.0291. The summed E-state index contributed by atoms with van der Waals surface area (Å²) in [6.07, 6.45) is 2.57. The van der Waals surface area contributed by atoms with Crippen molar-refractivity contribution in [2.24, 2.45) is 0 Å². The second-order valence-corrected chi connectivity index (χ2v) is 10.4. The number of hydrogen-bond donors (Lipinski definition) is 3. The van der Waals surface area contributed by atoms with Gasteiger partial charge in [-0.1, -0.05) is 54.6 Å². The van der Waals surface area contributed by atoms with E-state index in [0.717, 1.165) is 34.1 Å². The maximum Gasteiger partial charge on any atom is 0.410 e. The van der Waals surface area contributed by atoms with Crippen LogP contribution in [0.15, 0.2) is 72.3 Å². The molecule has 200 valence electrons. The summed E-state index contributed by atoms with van der Waals surface area (Å²) in [5.74, 6) is 0.249. The van der Waals surface area contributed by atoms with E-state index in [1.165, 1.54) is 0 Å². The molecule has 4 rings (SSSR count). The van der Waals surface area contributed by atoms with Gasteiger partial charge in [-0.15, -0.1) is 0 Å². The molecule has 3 aromatic rings. The number of hydroxylamine groups is 1. The highest BCUT2D eigenvalue weighted by atomic mass is 16.6. The van der Waals surface area contributed by atoms with E-state index < -0.39 is 11.5 Å². The van der Waals surface area contributed by atoms with Gasteiger partial charge in [-0.2, -0.15) is 0 Å². The number of carbonyl (C=O) groups excluding carboxylic acids is 2. The predicted molar refractivity (Wildman–Crippen MR) is 147 cm³/mol. The molecule has 0 spiro atoms. The molecular weight excluding hydrogens is 482 g/mol. The van der Waals surface area contributed by atoms with Crippen molar-refractivity contribution in [2.75, 3.05) is 26.2 Å². The lowest BCUT2D eigenvalue weighted by Crippen LogP contribution is -2.39. The quantitative estimate of drug-likeness (QED) is 0.287. The van der Waals surface area contributed by atoms with Crippen LogP contribution in [0, 0.1) is 0 Å². The number of likely N-dealkylation sites (tertiary alicyclic amines) is 1. The summed E-state index contributed by atoms with van der Waals surface area (Å²) in [4.78, 5) is 25.9. The smallest absolute Gasteiger partial charge is 0.410 e. The Morgan fingerprint density at radius 2 is 1.79 bits per heavy atom. The Morgan fingerprint density at radius 1 is 1.05 bits per heavy atom. The Balaban J connectivity index is 1.46. The van der Waals surface area contributed by atoms with Crippen LogP contribution in [0.2, 0.25) is 0 Å². The van der Waals surface area contributed by atoms with Gasteiger partial charge in [0, 0.05) is 36.6 Å². The molecule has 0 saturated carbocycles. The lowest BCUT2D eigenvalue weighted by Gasteiger charge is -2.24. The van der Waals surface area contributed by atoms with Crippen molar-refractivity contribution >= 4 is 28.8 Å². The molecule has 1 saturated heterocycles. The number of benzene rings is 3. The van der Waals surface area contributed by atoms with Gasteiger partial charge in [-0.05, 0) is 61.9 Å². The largest absolute Gasteiger partial charge is 0.489 e. The van der Waals surface area contributed by atoms with Crippen LogP contribution in [0.3, 0.4) is 0 Å². The minimum Gasteiger partial charge on any atom is -0.489 e. The van der Waals surface area contributed by atoms with Gasteiger partial charge in [0.2, 0.25) is 0 Å². The molecule has 1 heterocycles. The Kier molecular flexibility index (Phi) is 8.66. The molecule has 1 unspecified atom stereocenters. The average Bonchev–Trinajstić information content (AvgIpc) is 3.38. The molecule has 1 aliphatic rings. The Morgan fingerprint density at radius 3 is 2.53 bits per heavy atom. The fourth-order valence-electron chi connectivity index (χ4n) is 4.36. The fraction of sp³-hybridized carbons (Fsp3) is 0.333. The molecule has 1 fully saturated rings. The predicted octanol–water partition coefficient (Wildman–Crippen LogP) is 5.02. The molecule has 0 aliphatic carbocycles. The van der Waals surface area contributed by atoms with Gasteiger partial charge < -0.3 is 19.7 Å². The summed E-state index contributed by atoms with van der Waals surface area (Å²) in [5, 5.41) is 14.6. The SMILES string of the molecule is CC(C)(C)OC(=O)N1CCC(NC/C(=C/c2ccc(C(=O)NO)cc2)COc2cccc3ccccc23)C1. The molecule has 0 radical (unpaired) electrons. The lowest BCUT2D eigenvalue weighted by atomic mass is 10.1. The van der Waals surface area contributed by atoms with Gasteiger partial charge in [0.25, 0.3) is 5.91 Å². The van der Waals surface area contributed by atoms with E-state index in [9.17, 15) is 9.59 Å². The molecule has 3 N–H and O–H groups in total. The number of rotatable bonds is 8. The Bertz CT molecular complexity index is 1290. The van der Waals surface area contributed by atoms with Crippen molar-refractivity contribution < 1.29 is 24.3 Å². The first-order valence-electron chi connectivity index (χ1n) is 12.8. The van der Waals surface area contributed by atoms with E-state index in [4.69, 9.17) is 14.7 Å². The highest BCUT2D eigenvalue weighted by Crippen LogP contribution is 2.26. The maximum atomic E-state index is 12.4. The molecular formula is C30H35N3O5. The van der Waals surface area contributed by atoms with Gasteiger partial charge >= 0.3 is 6.09 Å². The van der Waals surface area contributed by atoms with E-state index >= 15 is 0 Å². The van der Waals surface area contributed by atoms with Crippen molar-refractivity contribution in [2.45, 2.75) is 38.8 Å². The average molecular weight is 518 g/mol. The van der Waals surface area contributed by atoms with Crippen LogP contribution in [0.1, 0.15) is 43.1 Å². The van der Waals surface area contributed by atoms with Crippen LogP contribution in [0.25, 0.3) is 16.8 Å². The topological polar surface area (TPSA) is 100 Å². The first-order chi connectivity index (χ1) is 18.2. The van der Waals surface area contributed by atoms with E-state index in [-0.39, 0.29) is 12.1 Å². The molecule has 1 atom stereocenters. The monoisotopic (exact) mass is 517 g/mol. The van der Waals surface area contributed by atoms with Gasteiger partial charge in [-0.25, -0.2) is 10.3 Å². The number of nitrogens with one attached hydrogen (secondary N) is 2. The number of carbonyl (C=O) groups is 2. The van der Waals surface area contributed by atoms with Gasteiger partial charge in [0.05, 0.1) is 0 Å². The number of fused-ring (bicyclic) bond motifs is 1. The summed E-state index contributed by atoms with van der Waals surface area (Å²) in [6, 6.07) is 21.2. The van der Waals surface area contributed by atoms with Crippen LogP contribution in [0.4, 0.5) is 4.79 Å². The highest BCUT2D eigenvalue weighted by molar-refractivity contribution is 5.93. The van der Waals surface area contributed by atoms with Crippen LogP contribution in [-0.2, 0) is 4.74 Å². The van der Waals surface area contributed by atoms with Crippen molar-refractivity contribution in [3.05, 3.63) is 83.4 Å². The second kappa shape index (κ2) is 12.1. The van der Waals surface area contributed by atoms with Gasteiger partial charge in [0.1, 0.15) is 18.0 Å². The third-order valence-electron chi connectivity index (χ3n) is 6.27. The zero-order chi connectivity index (χ0) is 27.1. The summed E-state index contributed by atoms with van der Waals surface area (Å²) in [6.45, 7) is 7.76. The van der Waals surface area contributed by atoms with Crippen LogP contribution < -0.4 is 15.5 Å². The fourth-order valence-corrected chi connectivity index (χ4v) is 4.36. The van der Waals surface area contributed by atoms with Crippen LogP contribution in [0.5, 0.6) is 5.75 Å². The van der Waals surface area contributed by atoms with Gasteiger partial charge in [-0.3, -0.25) is 10.0 Å². The number of nitrogens with zero attached hydrogens (tertiary/aromatic N) is 1. The third kappa shape index (κ3) is 7.34. The van der Waals surface area contributed by atoms with E-state index in [1.807, 2.05) is 69.3 Å². The zero-order valence-electron chi connectivity index (χ0n) is 22.1. The first kappa shape index (κ1) is 27.2. The van der Waals surface area contributed by atoms with Crippen molar-refractivity contribution in [3.8, 4) is 5.75 Å². The zero-order valence-corrected chi connectivity index (χ0v) is 22.1. The Hall–Kier alpha value is -3.88. The molecule has 3 aromatic carbocycles. The van der Waals surface area contributed by atoms with Crippen LogP contribution >= 0.6 is 0 Å². The minimum atomic E-state index is -0.558. The van der Waals surface area contributed by atoms with Gasteiger partial charge in [0.15, 0.2) is 0 Å². The molecule has 0 bridgehead atoms. The summed E-state index contributed by atoms with van der Waals surface area (Å²) < 4.78 is 11.8. The summed E-state index contributed by atoms with van der Waals surface area (Å²) in [5.41, 5.74) is 3.40. The molecule has 2 amide bonds. The molecule has 38 heavy (non-hydrogen) atoms. The second-order valence-electron chi connectivity index (χ2n) is 10.4. The Labute approximate surface area is 223 Å². The first-order valence-corrected chi connectivity index (χ1v) is 12.8. The highest BCUT2D eigenvalue weighted by Gasteiger charge is 2.29. The van der Waals surface area contributed by atoms with Crippen molar-refractivity contribution in [1.29, 1.82) is 0 Å². The summed E-state index contributed by atoms with van der Waals surface area (Å²) in [7, 11) is 0. The van der Waals surface area contributed by atoms with E-state index in [0.29, 0.717) is 31.8 Å². The molecule has 0 aromatic heterocycles.